The van der Waals surface area contributed by atoms with Gasteiger partial charge in [-0.25, -0.2) is 8.42 Å². The molecule has 0 amide bonds. The summed E-state index contributed by atoms with van der Waals surface area (Å²) in [6.45, 7) is 6.03. The van der Waals surface area contributed by atoms with E-state index < -0.39 is 10.0 Å². The molecule has 136 valence electrons. The fraction of sp³-hybridized carbons (Fsp3) is 0.526. The minimum atomic E-state index is -3.66. The predicted octanol–water partition coefficient (Wildman–Crippen LogP) is 4.12. The topological polar surface area (TPSA) is 55.2 Å². The van der Waals surface area contributed by atoms with Crippen LogP contribution in [0.5, 0.6) is 0 Å². The van der Waals surface area contributed by atoms with E-state index in [0.29, 0.717) is 22.3 Å². The third kappa shape index (κ3) is 3.45. The quantitative estimate of drug-likeness (QED) is 0.823. The Morgan fingerprint density at radius 2 is 1.72 bits per heavy atom. The lowest BCUT2D eigenvalue weighted by Gasteiger charge is -2.22. The number of hydrogen-bond donors (Lipinski definition) is 0. The van der Waals surface area contributed by atoms with Gasteiger partial charge in [0.05, 0.1) is 17.4 Å². The molecule has 1 aromatic heterocycles. The summed E-state index contributed by atoms with van der Waals surface area (Å²) in [5, 5.41) is 4.72. The first-order valence-corrected chi connectivity index (χ1v) is 10.3. The van der Waals surface area contributed by atoms with Gasteiger partial charge in [0.1, 0.15) is 4.90 Å². The van der Waals surface area contributed by atoms with Gasteiger partial charge in [-0.1, -0.05) is 51.8 Å². The zero-order valence-electron chi connectivity index (χ0n) is 15.4. The molecule has 0 unspecified atom stereocenters. The van der Waals surface area contributed by atoms with Gasteiger partial charge < -0.3 is 0 Å². The molecular weight excluding hydrogens is 334 g/mol. The Kier molecular flexibility index (Phi) is 4.66. The number of nitrogens with zero attached hydrogens (tertiary/aromatic N) is 3. The average molecular weight is 362 g/mol. The number of aromatic nitrogens is 2. The molecule has 2 aromatic rings. The number of benzene rings is 1. The van der Waals surface area contributed by atoms with Crippen molar-refractivity contribution < 1.29 is 8.42 Å². The molecule has 1 saturated carbocycles. The van der Waals surface area contributed by atoms with E-state index in [9.17, 15) is 8.42 Å². The van der Waals surface area contributed by atoms with Gasteiger partial charge in [-0.2, -0.15) is 5.10 Å². The van der Waals surface area contributed by atoms with E-state index in [0.717, 1.165) is 12.8 Å². The van der Waals surface area contributed by atoms with Crippen LogP contribution in [0.4, 0.5) is 5.69 Å². The summed E-state index contributed by atoms with van der Waals surface area (Å²) >= 11 is 0. The van der Waals surface area contributed by atoms with Crippen molar-refractivity contribution in [2.45, 2.75) is 62.8 Å². The zero-order chi connectivity index (χ0) is 18.2. The molecule has 5 nitrogen and oxygen atoms in total. The van der Waals surface area contributed by atoms with Crippen LogP contribution >= 0.6 is 0 Å². The van der Waals surface area contributed by atoms with Crippen molar-refractivity contribution in [1.82, 2.24) is 9.78 Å². The molecule has 6 heteroatoms. The van der Waals surface area contributed by atoms with Gasteiger partial charge in [0.25, 0.3) is 10.0 Å². The van der Waals surface area contributed by atoms with Crippen LogP contribution in [0, 0.1) is 0 Å². The number of hydrogen-bond acceptors (Lipinski definition) is 3. The highest BCUT2D eigenvalue weighted by atomic mass is 32.2. The summed E-state index contributed by atoms with van der Waals surface area (Å²) in [6.07, 6.45) is 6.24. The monoisotopic (exact) mass is 361 g/mol. The molecule has 1 aromatic carbocycles. The van der Waals surface area contributed by atoms with Crippen LogP contribution in [0.3, 0.4) is 0 Å². The normalized spacial score (nSPS) is 16.3. The van der Waals surface area contributed by atoms with Crippen molar-refractivity contribution in [2.24, 2.45) is 0 Å². The Balaban J connectivity index is 2.08. The van der Waals surface area contributed by atoms with Crippen molar-refractivity contribution in [3.05, 3.63) is 42.2 Å². The molecule has 0 aliphatic heterocycles. The predicted molar refractivity (Wildman–Crippen MR) is 100 cm³/mol. The van der Waals surface area contributed by atoms with Crippen LogP contribution in [0.25, 0.3) is 0 Å². The molecule has 0 N–H and O–H groups in total. The van der Waals surface area contributed by atoms with Crippen LogP contribution in [-0.2, 0) is 15.4 Å². The first kappa shape index (κ1) is 18.0. The number of para-hydroxylation sites is 1. The highest BCUT2D eigenvalue weighted by molar-refractivity contribution is 7.92. The number of rotatable bonds is 4. The fourth-order valence-corrected chi connectivity index (χ4v) is 4.89. The summed E-state index contributed by atoms with van der Waals surface area (Å²) in [6, 6.07) is 9.47. The van der Waals surface area contributed by atoms with Gasteiger partial charge in [0.2, 0.25) is 0 Å². The van der Waals surface area contributed by atoms with E-state index >= 15 is 0 Å². The smallest absolute Gasteiger partial charge is 0.267 e. The van der Waals surface area contributed by atoms with Crippen LogP contribution in [0.2, 0.25) is 0 Å². The second kappa shape index (κ2) is 6.48. The lowest BCUT2D eigenvalue weighted by molar-refractivity contribution is 0.448. The molecule has 0 bridgehead atoms. The summed E-state index contributed by atoms with van der Waals surface area (Å²) < 4.78 is 29.8. The molecule has 1 fully saturated rings. The van der Waals surface area contributed by atoms with Gasteiger partial charge in [0, 0.05) is 18.7 Å². The third-order valence-corrected chi connectivity index (χ3v) is 6.65. The standard InChI is InChI=1S/C19H27N3O2S/c1-19(2,3)18-17(14-22(20-18)16-12-8-9-13-16)25(23,24)21(4)15-10-6-5-7-11-15/h5-7,10-11,14,16H,8-9,12-13H2,1-4H3. The Hall–Kier alpha value is -1.82. The van der Waals surface area contributed by atoms with E-state index in [4.69, 9.17) is 5.10 Å². The van der Waals surface area contributed by atoms with Crippen molar-refractivity contribution in [2.75, 3.05) is 11.4 Å². The van der Waals surface area contributed by atoms with Crippen LogP contribution in [0.1, 0.15) is 58.2 Å². The first-order valence-electron chi connectivity index (χ1n) is 8.85. The van der Waals surface area contributed by atoms with Gasteiger partial charge in [-0.15, -0.1) is 0 Å². The molecule has 3 rings (SSSR count). The molecule has 0 spiro atoms. The second-order valence-corrected chi connectivity index (χ2v) is 9.76. The Morgan fingerprint density at radius 1 is 1.12 bits per heavy atom. The maximum atomic E-state index is 13.3. The molecule has 1 aliphatic rings. The Morgan fingerprint density at radius 3 is 2.28 bits per heavy atom. The first-order chi connectivity index (χ1) is 11.7. The Bertz CT molecular complexity index is 829. The van der Waals surface area contributed by atoms with Gasteiger partial charge in [-0.3, -0.25) is 8.99 Å². The van der Waals surface area contributed by atoms with Crippen molar-refractivity contribution in [3.63, 3.8) is 0 Å². The van der Waals surface area contributed by atoms with Crippen molar-refractivity contribution >= 4 is 15.7 Å². The van der Waals surface area contributed by atoms with E-state index in [-0.39, 0.29) is 5.41 Å². The van der Waals surface area contributed by atoms with E-state index in [1.54, 1.807) is 25.4 Å². The van der Waals surface area contributed by atoms with Crippen molar-refractivity contribution in [1.29, 1.82) is 0 Å². The maximum absolute atomic E-state index is 13.3. The lowest BCUT2D eigenvalue weighted by Crippen LogP contribution is -2.28. The van der Waals surface area contributed by atoms with E-state index in [1.807, 2.05) is 43.7 Å². The molecule has 25 heavy (non-hydrogen) atoms. The van der Waals surface area contributed by atoms with Crippen LogP contribution < -0.4 is 4.31 Å². The molecule has 0 radical (unpaired) electrons. The minimum absolute atomic E-state index is 0.312. The summed E-state index contributed by atoms with van der Waals surface area (Å²) in [5.41, 5.74) is 0.946. The van der Waals surface area contributed by atoms with E-state index in [1.165, 1.54) is 17.1 Å². The summed E-state index contributed by atoms with van der Waals surface area (Å²) in [5.74, 6) is 0. The zero-order valence-corrected chi connectivity index (χ0v) is 16.3. The van der Waals surface area contributed by atoms with Gasteiger partial charge in [0.15, 0.2) is 0 Å². The SMILES string of the molecule is CN(c1ccccc1)S(=O)(=O)c1cn(C2CCCC2)nc1C(C)(C)C. The minimum Gasteiger partial charge on any atom is -0.269 e. The number of sulfonamides is 1. The van der Waals surface area contributed by atoms with Crippen molar-refractivity contribution in [3.8, 4) is 0 Å². The molecule has 1 aliphatic carbocycles. The third-order valence-electron chi connectivity index (χ3n) is 4.87. The lowest BCUT2D eigenvalue weighted by atomic mass is 9.92. The van der Waals surface area contributed by atoms with E-state index in [2.05, 4.69) is 0 Å². The number of anilines is 1. The highest BCUT2D eigenvalue weighted by Gasteiger charge is 2.34. The fourth-order valence-electron chi connectivity index (χ4n) is 3.36. The van der Waals surface area contributed by atoms with Crippen LogP contribution in [-0.4, -0.2) is 25.2 Å². The second-order valence-electron chi connectivity index (χ2n) is 7.82. The van der Waals surface area contributed by atoms with Gasteiger partial charge >= 0.3 is 0 Å². The molecule has 0 atom stereocenters. The van der Waals surface area contributed by atoms with Crippen LogP contribution in [0.15, 0.2) is 41.4 Å². The largest absolute Gasteiger partial charge is 0.269 e. The molecule has 1 heterocycles. The maximum Gasteiger partial charge on any atom is 0.267 e. The molecule has 0 saturated heterocycles. The average Bonchev–Trinajstić information content (AvgIpc) is 3.23. The van der Waals surface area contributed by atoms with Gasteiger partial charge in [-0.05, 0) is 25.0 Å². The summed E-state index contributed by atoms with van der Waals surface area (Å²) in [4.78, 5) is 0.318. The molecular formula is C19H27N3O2S. The summed E-state index contributed by atoms with van der Waals surface area (Å²) in [7, 11) is -2.06. The Labute approximate surface area is 150 Å². The highest BCUT2D eigenvalue weighted by Crippen LogP contribution is 2.35.